The van der Waals surface area contributed by atoms with E-state index in [0.717, 1.165) is 16.7 Å². The van der Waals surface area contributed by atoms with Crippen molar-refractivity contribution in [3.05, 3.63) is 107 Å². The topological polar surface area (TPSA) is 55.8 Å². The van der Waals surface area contributed by atoms with Crippen LogP contribution in [-0.4, -0.2) is 29.6 Å². The monoisotopic (exact) mass is 445 g/mol. The van der Waals surface area contributed by atoms with E-state index in [2.05, 4.69) is 0 Å². The van der Waals surface area contributed by atoms with Gasteiger partial charge in [0.25, 0.3) is 0 Å². The zero-order valence-corrected chi connectivity index (χ0v) is 18.0. The van der Waals surface area contributed by atoms with Crippen molar-refractivity contribution in [1.29, 1.82) is 0 Å². The first-order valence-electron chi connectivity index (χ1n) is 11.1. The van der Waals surface area contributed by atoms with Gasteiger partial charge < -0.3 is 14.4 Å². The van der Waals surface area contributed by atoms with Crippen LogP contribution in [0.5, 0.6) is 0 Å². The van der Waals surface area contributed by atoms with Crippen LogP contribution in [0.15, 0.2) is 84.9 Å². The summed E-state index contributed by atoms with van der Waals surface area (Å²) in [6, 6.07) is 24.7. The van der Waals surface area contributed by atoms with Gasteiger partial charge in [0, 0.05) is 12.3 Å². The maximum Gasteiger partial charge on any atom is 0.319 e. The molecule has 2 saturated heterocycles. The number of rotatable bonds is 5. The highest BCUT2D eigenvalue weighted by Crippen LogP contribution is 2.44. The van der Waals surface area contributed by atoms with Crippen LogP contribution in [0.4, 0.5) is 4.39 Å². The van der Waals surface area contributed by atoms with Crippen LogP contribution < -0.4 is 0 Å². The molecule has 0 saturated carbocycles. The average Bonchev–Trinajstić information content (AvgIpc) is 3.29. The van der Waals surface area contributed by atoms with E-state index in [1.165, 1.54) is 12.1 Å². The van der Waals surface area contributed by atoms with Gasteiger partial charge in [0.15, 0.2) is 0 Å². The van der Waals surface area contributed by atoms with E-state index >= 15 is 0 Å². The summed E-state index contributed by atoms with van der Waals surface area (Å²) in [5.74, 6) is -2.74. The molecule has 0 bridgehead atoms. The lowest BCUT2D eigenvalue weighted by molar-refractivity contribution is -0.166. The van der Waals surface area contributed by atoms with E-state index in [1.807, 2.05) is 60.7 Å². The summed E-state index contributed by atoms with van der Waals surface area (Å²) in [6.45, 7) is 0.448. The van der Waals surface area contributed by atoms with Crippen molar-refractivity contribution < 1.29 is 23.5 Å². The van der Waals surface area contributed by atoms with Crippen molar-refractivity contribution >= 4 is 11.9 Å². The van der Waals surface area contributed by atoms with Gasteiger partial charge in [-0.25, -0.2) is 4.39 Å². The Morgan fingerprint density at radius 1 is 0.939 bits per heavy atom. The van der Waals surface area contributed by atoms with Crippen LogP contribution in [0, 0.1) is 11.7 Å². The van der Waals surface area contributed by atoms with E-state index < -0.39 is 24.0 Å². The summed E-state index contributed by atoms with van der Waals surface area (Å²) in [6.07, 6.45) is -0.0119. The van der Waals surface area contributed by atoms with Crippen LogP contribution in [0.25, 0.3) is 0 Å². The fourth-order valence-corrected chi connectivity index (χ4v) is 4.78. The summed E-state index contributed by atoms with van der Waals surface area (Å²) in [4.78, 5) is 28.7. The van der Waals surface area contributed by atoms with Crippen LogP contribution in [0.3, 0.4) is 0 Å². The molecule has 2 aliphatic heterocycles. The summed E-state index contributed by atoms with van der Waals surface area (Å²) in [5, 5.41) is 0. The molecule has 0 spiro atoms. The van der Waals surface area contributed by atoms with Crippen molar-refractivity contribution in [2.24, 2.45) is 5.92 Å². The van der Waals surface area contributed by atoms with Crippen molar-refractivity contribution in [3.63, 3.8) is 0 Å². The standard InChI is InChI=1S/C27H24FNO4/c28-21-13-11-19(12-14-21)22-15-24-29(23(17-32-24)20-9-5-2-6-10-20)26(30)25(22)27(31)33-16-18-7-3-1-4-8-18/h1-14,22-25H,15-17H2/t22-,23-,24+,25-/m0/s1. The third-order valence-electron chi connectivity index (χ3n) is 6.43. The molecule has 3 aromatic rings. The number of hydrogen-bond donors (Lipinski definition) is 0. The first kappa shape index (κ1) is 21.3. The smallest absolute Gasteiger partial charge is 0.319 e. The highest BCUT2D eigenvalue weighted by Gasteiger charge is 2.52. The molecule has 2 heterocycles. The quantitative estimate of drug-likeness (QED) is 0.426. The number of piperidine rings is 1. The molecule has 4 atom stereocenters. The number of nitrogens with zero attached hydrogens (tertiary/aromatic N) is 1. The molecule has 5 rings (SSSR count). The van der Waals surface area contributed by atoms with Gasteiger partial charge in [-0.15, -0.1) is 0 Å². The molecule has 2 aliphatic rings. The van der Waals surface area contributed by atoms with Crippen LogP contribution in [-0.2, 0) is 25.7 Å². The minimum atomic E-state index is -1.02. The van der Waals surface area contributed by atoms with Crippen molar-refractivity contribution in [2.45, 2.75) is 31.2 Å². The lowest BCUT2D eigenvalue weighted by Gasteiger charge is -2.40. The predicted molar refractivity (Wildman–Crippen MR) is 119 cm³/mol. The lowest BCUT2D eigenvalue weighted by atomic mass is 9.78. The molecule has 5 nitrogen and oxygen atoms in total. The third-order valence-corrected chi connectivity index (χ3v) is 6.43. The highest BCUT2D eigenvalue weighted by atomic mass is 19.1. The normalized spacial score (nSPS) is 24.4. The second-order valence-electron chi connectivity index (χ2n) is 8.42. The second-order valence-corrected chi connectivity index (χ2v) is 8.42. The number of benzene rings is 3. The molecule has 0 radical (unpaired) electrons. The number of esters is 1. The van der Waals surface area contributed by atoms with Crippen LogP contribution in [0.1, 0.15) is 35.1 Å². The van der Waals surface area contributed by atoms with Gasteiger partial charge >= 0.3 is 5.97 Å². The van der Waals surface area contributed by atoms with Gasteiger partial charge in [0.05, 0.1) is 12.6 Å². The van der Waals surface area contributed by atoms with Crippen LogP contribution >= 0.6 is 0 Å². The van der Waals surface area contributed by atoms with Gasteiger partial charge in [-0.05, 0) is 28.8 Å². The molecular formula is C27H24FNO4. The van der Waals surface area contributed by atoms with E-state index in [9.17, 15) is 14.0 Å². The largest absolute Gasteiger partial charge is 0.460 e. The Kier molecular flexibility index (Phi) is 5.92. The van der Waals surface area contributed by atoms with Gasteiger partial charge in [-0.1, -0.05) is 72.8 Å². The lowest BCUT2D eigenvalue weighted by Crippen LogP contribution is -2.51. The van der Waals surface area contributed by atoms with Gasteiger partial charge in [-0.2, -0.15) is 0 Å². The van der Waals surface area contributed by atoms with Gasteiger partial charge in [-0.3, -0.25) is 9.59 Å². The second kappa shape index (κ2) is 9.16. The molecule has 0 unspecified atom stereocenters. The molecule has 3 aromatic carbocycles. The van der Waals surface area contributed by atoms with E-state index in [0.29, 0.717) is 13.0 Å². The summed E-state index contributed by atoms with van der Waals surface area (Å²) in [5.41, 5.74) is 2.53. The van der Waals surface area contributed by atoms with Gasteiger partial charge in [0.2, 0.25) is 5.91 Å². The maximum atomic E-state index is 13.8. The predicted octanol–water partition coefficient (Wildman–Crippen LogP) is 4.60. The SMILES string of the molecule is O=C(OCc1ccccc1)[C@@H]1C(=O)N2[C@@H](C[C@H]1c1ccc(F)cc1)OC[C@H]2c1ccccc1. The summed E-state index contributed by atoms with van der Waals surface area (Å²) in [7, 11) is 0. The number of ether oxygens (including phenoxy) is 2. The molecule has 0 N–H and O–H groups in total. The molecule has 6 heteroatoms. The molecule has 33 heavy (non-hydrogen) atoms. The summed E-state index contributed by atoms with van der Waals surface area (Å²) < 4.78 is 25.2. The zero-order valence-electron chi connectivity index (χ0n) is 18.0. The Bertz CT molecular complexity index is 1120. The number of hydrogen-bond acceptors (Lipinski definition) is 4. The number of amides is 1. The van der Waals surface area contributed by atoms with E-state index in [-0.39, 0.29) is 24.4 Å². The maximum absolute atomic E-state index is 13.8. The van der Waals surface area contributed by atoms with E-state index in [1.54, 1.807) is 17.0 Å². The Morgan fingerprint density at radius 3 is 2.30 bits per heavy atom. The fraction of sp³-hybridized carbons (Fsp3) is 0.259. The van der Waals surface area contributed by atoms with Crippen molar-refractivity contribution in [1.82, 2.24) is 4.90 Å². The first-order valence-corrected chi connectivity index (χ1v) is 11.1. The number of carbonyl (C=O) groups excluding carboxylic acids is 2. The number of fused-ring (bicyclic) bond motifs is 1. The minimum Gasteiger partial charge on any atom is -0.460 e. The van der Waals surface area contributed by atoms with E-state index in [4.69, 9.17) is 9.47 Å². The Morgan fingerprint density at radius 2 is 1.61 bits per heavy atom. The Balaban J connectivity index is 1.45. The van der Waals surface area contributed by atoms with Gasteiger partial charge in [0.1, 0.15) is 24.6 Å². The molecular weight excluding hydrogens is 421 g/mol. The highest BCUT2D eigenvalue weighted by molar-refractivity contribution is 6.00. The minimum absolute atomic E-state index is 0.0850. The first-order chi connectivity index (χ1) is 16.1. The average molecular weight is 445 g/mol. The number of carbonyl (C=O) groups is 2. The summed E-state index contributed by atoms with van der Waals surface area (Å²) >= 11 is 0. The fourth-order valence-electron chi connectivity index (χ4n) is 4.78. The molecule has 2 fully saturated rings. The molecule has 0 aromatic heterocycles. The van der Waals surface area contributed by atoms with Crippen LogP contribution in [0.2, 0.25) is 0 Å². The molecule has 0 aliphatic carbocycles. The zero-order chi connectivity index (χ0) is 22.8. The third kappa shape index (κ3) is 4.26. The van der Waals surface area contributed by atoms with Crippen molar-refractivity contribution in [2.75, 3.05) is 6.61 Å². The molecule has 168 valence electrons. The molecule has 1 amide bonds. The Labute approximate surface area is 191 Å². The number of halogens is 1. The van der Waals surface area contributed by atoms with Crippen molar-refractivity contribution in [3.8, 4) is 0 Å². The Hall–Kier alpha value is -3.51.